The van der Waals surface area contributed by atoms with Crippen molar-refractivity contribution in [1.82, 2.24) is 10.3 Å². The molecule has 0 saturated heterocycles. The third kappa shape index (κ3) is 1.75. The number of halogens is 1. The van der Waals surface area contributed by atoms with Crippen LogP contribution >= 0.6 is 0 Å². The van der Waals surface area contributed by atoms with Crippen LogP contribution in [0.25, 0.3) is 11.1 Å². The zero-order valence-electron chi connectivity index (χ0n) is 7.66. The Balaban J connectivity index is 2.17. The number of hydrogen-bond acceptors (Lipinski definition) is 3. The lowest BCUT2D eigenvalue weighted by Gasteiger charge is -1.97. The van der Waals surface area contributed by atoms with Gasteiger partial charge in [-0.3, -0.25) is 5.32 Å². The summed E-state index contributed by atoms with van der Waals surface area (Å²) in [5, 5.41) is 3.63. The van der Waals surface area contributed by atoms with Crippen molar-refractivity contribution >= 4 is 11.1 Å². The predicted molar refractivity (Wildman–Crippen MR) is 51.7 cm³/mol. The van der Waals surface area contributed by atoms with Crippen LogP contribution in [0.5, 0.6) is 0 Å². The standard InChI is InChI=1S/C10H11FN2O/c11-7-12-5-3-8-6-14-10-9(8)2-1-4-13-10/h1-2,4,6,12H,3,5,7H2. The lowest BCUT2D eigenvalue weighted by Crippen LogP contribution is -2.15. The molecule has 1 N–H and O–H groups in total. The molecule has 0 fully saturated rings. The van der Waals surface area contributed by atoms with Crippen LogP contribution in [0.15, 0.2) is 29.0 Å². The number of alkyl halides is 1. The maximum Gasteiger partial charge on any atom is 0.226 e. The topological polar surface area (TPSA) is 38.1 Å². The molecule has 4 heteroatoms. The van der Waals surface area contributed by atoms with Gasteiger partial charge in [0.05, 0.1) is 6.26 Å². The second-order valence-electron chi connectivity index (χ2n) is 3.00. The van der Waals surface area contributed by atoms with Crippen LogP contribution in [0.1, 0.15) is 5.56 Å². The Morgan fingerprint density at radius 1 is 1.50 bits per heavy atom. The smallest absolute Gasteiger partial charge is 0.226 e. The van der Waals surface area contributed by atoms with Crippen molar-refractivity contribution in [2.75, 3.05) is 13.3 Å². The van der Waals surface area contributed by atoms with Crippen molar-refractivity contribution in [1.29, 1.82) is 0 Å². The highest BCUT2D eigenvalue weighted by atomic mass is 19.1. The van der Waals surface area contributed by atoms with E-state index in [0.717, 1.165) is 17.4 Å². The van der Waals surface area contributed by atoms with E-state index in [1.54, 1.807) is 12.5 Å². The van der Waals surface area contributed by atoms with E-state index in [1.807, 2.05) is 12.1 Å². The monoisotopic (exact) mass is 194 g/mol. The van der Waals surface area contributed by atoms with E-state index < -0.39 is 6.80 Å². The highest BCUT2D eigenvalue weighted by Crippen LogP contribution is 2.18. The molecule has 0 spiro atoms. The first-order chi connectivity index (χ1) is 6.92. The van der Waals surface area contributed by atoms with Crippen LogP contribution in [0.3, 0.4) is 0 Å². The third-order valence-corrected chi connectivity index (χ3v) is 2.10. The molecule has 0 saturated carbocycles. The number of nitrogens with one attached hydrogen (secondary N) is 1. The summed E-state index contributed by atoms with van der Waals surface area (Å²) in [6.07, 6.45) is 4.12. The maximum atomic E-state index is 11.8. The largest absolute Gasteiger partial charge is 0.446 e. The number of furan rings is 1. The average molecular weight is 194 g/mol. The van der Waals surface area contributed by atoms with Crippen molar-refractivity contribution in [3.8, 4) is 0 Å². The minimum absolute atomic E-state index is 0.492. The normalized spacial score (nSPS) is 10.9. The van der Waals surface area contributed by atoms with Gasteiger partial charge in [0.2, 0.25) is 5.71 Å². The Bertz CT molecular complexity index is 413. The van der Waals surface area contributed by atoms with Crippen LogP contribution in [0.2, 0.25) is 0 Å². The molecule has 0 aliphatic heterocycles. The summed E-state index contributed by atoms with van der Waals surface area (Å²) < 4.78 is 17.0. The Morgan fingerprint density at radius 2 is 2.43 bits per heavy atom. The van der Waals surface area contributed by atoms with Crippen molar-refractivity contribution in [3.63, 3.8) is 0 Å². The quantitative estimate of drug-likeness (QED) is 0.596. The molecular weight excluding hydrogens is 183 g/mol. The van der Waals surface area contributed by atoms with Gasteiger partial charge < -0.3 is 4.42 Å². The Kier molecular flexibility index (Phi) is 2.74. The SMILES string of the molecule is FCNCCc1coc2ncccc12. The molecule has 0 amide bonds. The molecule has 14 heavy (non-hydrogen) atoms. The number of rotatable bonds is 4. The van der Waals surface area contributed by atoms with Gasteiger partial charge in [-0.15, -0.1) is 0 Å². The van der Waals surface area contributed by atoms with Gasteiger partial charge in [0.25, 0.3) is 0 Å². The molecule has 2 rings (SSSR count). The van der Waals surface area contributed by atoms with Crippen molar-refractivity contribution in [3.05, 3.63) is 30.2 Å². The number of nitrogens with zero attached hydrogens (tertiary/aromatic N) is 1. The van der Waals surface area contributed by atoms with Crippen LogP contribution in [-0.4, -0.2) is 18.3 Å². The predicted octanol–water partition coefficient (Wildman–Crippen LogP) is 1.89. The van der Waals surface area contributed by atoms with Crippen molar-refractivity contribution in [2.45, 2.75) is 6.42 Å². The summed E-state index contributed by atoms with van der Waals surface area (Å²) in [6.45, 7) is 0.119. The summed E-state index contributed by atoms with van der Waals surface area (Å²) in [6, 6.07) is 3.82. The molecule has 0 aromatic carbocycles. The van der Waals surface area contributed by atoms with E-state index in [9.17, 15) is 4.39 Å². The zero-order valence-corrected chi connectivity index (χ0v) is 7.66. The molecule has 0 bridgehead atoms. The fourth-order valence-electron chi connectivity index (χ4n) is 1.40. The molecule has 0 aliphatic carbocycles. The second kappa shape index (κ2) is 4.19. The molecule has 3 nitrogen and oxygen atoms in total. The van der Waals surface area contributed by atoms with Crippen LogP contribution in [0.4, 0.5) is 4.39 Å². The van der Waals surface area contributed by atoms with E-state index in [2.05, 4.69) is 10.3 Å². The van der Waals surface area contributed by atoms with E-state index >= 15 is 0 Å². The van der Waals surface area contributed by atoms with Gasteiger partial charge >= 0.3 is 0 Å². The van der Waals surface area contributed by atoms with E-state index in [0.29, 0.717) is 12.3 Å². The fourth-order valence-corrected chi connectivity index (χ4v) is 1.40. The zero-order chi connectivity index (χ0) is 9.80. The van der Waals surface area contributed by atoms with E-state index in [4.69, 9.17) is 4.42 Å². The van der Waals surface area contributed by atoms with Gasteiger partial charge in [-0.2, -0.15) is 0 Å². The summed E-state index contributed by atoms with van der Waals surface area (Å²) >= 11 is 0. The molecule has 2 aromatic heterocycles. The van der Waals surface area contributed by atoms with Gasteiger partial charge in [-0.25, -0.2) is 9.37 Å². The second-order valence-corrected chi connectivity index (χ2v) is 3.00. The first-order valence-electron chi connectivity index (χ1n) is 4.49. The molecule has 74 valence electrons. The highest BCUT2D eigenvalue weighted by molar-refractivity contribution is 5.77. The van der Waals surface area contributed by atoms with Gasteiger partial charge in [0.15, 0.2) is 0 Å². The first-order valence-corrected chi connectivity index (χ1v) is 4.49. The Hall–Kier alpha value is -1.42. The minimum atomic E-state index is -0.492. The molecule has 0 radical (unpaired) electrons. The number of pyridine rings is 1. The molecule has 0 unspecified atom stereocenters. The maximum absolute atomic E-state index is 11.8. The number of aromatic nitrogens is 1. The Labute approximate surface area is 80.9 Å². The highest BCUT2D eigenvalue weighted by Gasteiger charge is 2.04. The molecule has 2 aromatic rings. The summed E-state index contributed by atoms with van der Waals surface area (Å²) in [7, 11) is 0. The lowest BCUT2D eigenvalue weighted by molar-refractivity contribution is 0.428. The first kappa shape index (κ1) is 9.15. The van der Waals surface area contributed by atoms with Gasteiger partial charge in [0, 0.05) is 23.7 Å². The van der Waals surface area contributed by atoms with Gasteiger partial charge in [0.1, 0.15) is 6.80 Å². The molecule has 0 atom stereocenters. The molecule has 0 aliphatic rings. The third-order valence-electron chi connectivity index (χ3n) is 2.10. The van der Waals surface area contributed by atoms with Gasteiger partial charge in [-0.05, 0) is 18.6 Å². The van der Waals surface area contributed by atoms with Crippen LogP contribution in [-0.2, 0) is 6.42 Å². The molecular formula is C10H11FN2O. The van der Waals surface area contributed by atoms with Gasteiger partial charge in [-0.1, -0.05) is 0 Å². The van der Waals surface area contributed by atoms with E-state index in [-0.39, 0.29) is 0 Å². The molecule has 2 heterocycles. The van der Waals surface area contributed by atoms with Crippen molar-refractivity contribution < 1.29 is 8.81 Å². The minimum Gasteiger partial charge on any atom is -0.446 e. The average Bonchev–Trinajstić information content (AvgIpc) is 2.63. The summed E-state index contributed by atoms with van der Waals surface area (Å²) in [4.78, 5) is 4.07. The van der Waals surface area contributed by atoms with Crippen LogP contribution in [0, 0.1) is 0 Å². The van der Waals surface area contributed by atoms with Crippen LogP contribution < -0.4 is 5.32 Å². The fraction of sp³-hybridized carbons (Fsp3) is 0.300. The number of fused-ring (bicyclic) bond motifs is 1. The van der Waals surface area contributed by atoms with E-state index in [1.165, 1.54) is 0 Å². The Morgan fingerprint density at radius 3 is 3.29 bits per heavy atom. The summed E-state index contributed by atoms with van der Waals surface area (Å²) in [5.74, 6) is 0. The van der Waals surface area contributed by atoms with Crippen molar-refractivity contribution in [2.24, 2.45) is 0 Å². The lowest BCUT2D eigenvalue weighted by atomic mass is 10.1. The summed E-state index contributed by atoms with van der Waals surface area (Å²) in [5.41, 5.74) is 1.71. The number of hydrogen-bond donors (Lipinski definition) is 1.